The number of rotatable bonds is 8. The van der Waals surface area contributed by atoms with Crippen LogP contribution >= 0.6 is 23.1 Å². The van der Waals surface area contributed by atoms with Gasteiger partial charge in [-0.15, -0.1) is 10.2 Å². The number of aryl methyl sites for hydroxylation is 3. The predicted octanol–water partition coefficient (Wildman–Crippen LogP) is 3.37. The van der Waals surface area contributed by atoms with Crippen LogP contribution in [0.15, 0.2) is 39.3 Å². The zero-order valence-corrected chi connectivity index (χ0v) is 18.8. The summed E-state index contributed by atoms with van der Waals surface area (Å²) in [6.45, 7) is 6.16. The minimum atomic E-state index is -0.184. The second-order valence-electron chi connectivity index (χ2n) is 6.68. The van der Waals surface area contributed by atoms with Gasteiger partial charge in [-0.25, -0.2) is 9.97 Å². The Morgan fingerprint density at radius 3 is 2.71 bits per heavy atom. The summed E-state index contributed by atoms with van der Waals surface area (Å²) in [4.78, 5) is 21.4. The van der Waals surface area contributed by atoms with E-state index in [4.69, 9.17) is 4.42 Å². The highest BCUT2D eigenvalue weighted by molar-refractivity contribution is 8.01. The molecule has 4 aromatic rings. The van der Waals surface area contributed by atoms with Crippen molar-refractivity contribution < 1.29 is 9.21 Å². The van der Waals surface area contributed by atoms with E-state index in [-0.39, 0.29) is 11.7 Å². The molecule has 0 saturated carbocycles. The van der Waals surface area contributed by atoms with Gasteiger partial charge in [-0.1, -0.05) is 23.1 Å². The van der Waals surface area contributed by atoms with E-state index in [9.17, 15) is 4.79 Å². The Labute approximate surface area is 186 Å². The van der Waals surface area contributed by atoms with Crippen molar-refractivity contribution >= 4 is 40.0 Å². The van der Waals surface area contributed by atoms with E-state index in [0.29, 0.717) is 27.8 Å². The number of amides is 1. The van der Waals surface area contributed by atoms with Crippen LogP contribution in [0.1, 0.15) is 22.8 Å². The second-order valence-corrected chi connectivity index (χ2v) is 8.88. The van der Waals surface area contributed by atoms with Crippen LogP contribution in [0.3, 0.4) is 0 Å². The van der Waals surface area contributed by atoms with Gasteiger partial charge in [0.05, 0.1) is 24.3 Å². The van der Waals surface area contributed by atoms with Crippen molar-refractivity contribution in [1.82, 2.24) is 29.9 Å². The van der Waals surface area contributed by atoms with Gasteiger partial charge in [0.2, 0.25) is 11.0 Å². The van der Waals surface area contributed by atoms with E-state index in [1.165, 1.54) is 23.1 Å². The number of carbonyl (C=O) groups is 1. The number of nitrogens with zero attached hydrogens (tertiary/aromatic N) is 6. The molecule has 0 fully saturated rings. The number of carbonyl (C=O) groups excluding carboxylic acids is 1. The summed E-state index contributed by atoms with van der Waals surface area (Å²) in [7, 11) is 0. The van der Waals surface area contributed by atoms with Crippen molar-refractivity contribution in [3.63, 3.8) is 0 Å². The fourth-order valence-corrected chi connectivity index (χ4v) is 4.31. The molecule has 0 aliphatic carbocycles. The maximum Gasteiger partial charge on any atom is 0.252 e. The summed E-state index contributed by atoms with van der Waals surface area (Å²) < 4.78 is 7.51. The fourth-order valence-electron chi connectivity index (χ4n) is 2.76. The maximum absolute atomic E-state index is 12.5. The highest BCUT2D eigenvalue weighted by Gasteiger charge is 2.15. The van der Waals surface area contributed by atoms with E-state index < -0.39 is 0 Å². The molecule has 0 aromatic carbocycles. The molecular formula is C19H20N8O2S2. The van der Waals surface area contributed by atoms with E-state index in [2.05, 4.69) is 35.9 Å². The minimum absolute atomic E-state index is 0.184. The summed E-state index contributed by atoms with van der Waals surface area (Å²) in [6, 6.07) is 7.38. The van der Waals surface area contributed by atoms with Gasteiger partial charge in [0.25, 0.3) is 5.95 Å². The van der Waals surface area contributed by atoms with Gasteiger partial charge in [0.1, 0.15) is 11.6 Å². The van der Waals surface area contributed by atoms with Crippen LogP contribution in [0.5, 0.6) is 0 Å². The number of hydrogen-bond donors (Lipinski definition) is 2. The number of hydrogen-bond acceptors (Lipinski definition) is 10. The Balaban J connectivity index is 1.35. The standard InChI is InChI=1S/C19H20N8O2S2/c1-11-7-12(2)22-17(21-11)27-15(8-13(3)26-27)23-16(28)10-30-19-25-24-18(31-19)20-9-14-5-4-6-29-14/h4-8H,9-10H2,1-3H3,(H,20,24)(H,23,28). The van der Waals surface area contributed by atoms with Crippen molar-refractivity contribution in [1.29, 1.82) is 0 Å². The van der Waals surface area contributed by atoms with E-state index in [1.807, 2.05) is 39.0 Å². The first-order valence-electron chi connectivity index (χ1n) is 9.38. The van der Waals surface area contributed by atoms with Crippen molar-refractivity contribution in [2.75, 3.05) is 16.4 Å². The number of furan rings is 1. The van der Waals surface area contributed by atoms with Crippen LogP contribution in [0, 0.1) is 20.8 Å². The third-order valence-electron chi connectivity index (χ3n) is 3.99. The Morgan fingerprint density at radius 2 is 1.97 bits per heavy atom. The van der Waals surface area contributed by atoms with Crippen molar-refractivity contribution in [2.45, 2.75) is 31.7 Å². The first-order valence-corrected chi connectivity index (χ1v) is 11.2. The lowest BCUT2D eigenvalue weighted by atomic mass is 10.4. The molecule has 0 radical (unpaired) electrons. The monoisotopic (exact) mass is 456 g/mol. The van der Waals surface area contributed by atoms with Gasteiger partial charge in [-0.3, -0.25) is 4.79 Å². The lowest BCUT2D eigenvalue weighted by Gasteiger charge is -2.08. The van der Waals surface area contributed by atoms with Crippen molar-refractivity contribution in [2.24, 2.45) is 0 Å². The summed E-state index contributed by atoms with van der Waals surface area (Å²) in [5.41, 5.74) is 2.41. The Hall–Kier alpha value is -3.25. The van der Waals surface area contributed by atoms with Crippen molar-refractivity contribution in [3.05, 3.63) is 53.4 Å². The van der Waals surface area contributed by atoms with Gasteiger partial charge < -0.3 is 15.1 Å². The first kappa shape index (κ1) is 21.0. The fraction of sp³-hybridized carbons (Fsp3) is 0.263. The smallest absolute Gasteiger partial charge is 0.252 e. The lowest BCUT2D eigenvalue weighted by Crippen LogP contribution is -2.18. The minimum Gasteiger partial charge on any atom is -0.467 e. The molecule has 0 spiro atoms. The highest BCUT2D eigenvalue weighted by Crippen LogP contribution is 2.26. The highest BCUT2D eigenvalue weighted by atomic mass is 32.2. The molecule has 0 saturated heterocycles. The molecule has 10 nitrogen and oxygen atoms in total. The van der Waals surface area contributed by atoms with Crippen LogP contribution in [-0.4, -0.2) is 41.6 Å². The average molecular weight is 457 g/mol. The quantitative estimate of drug-likeness (QED) is 0.384. The zero-order valence-electron chi connectivity index (χ0n) is 17.1. The lowest BCUT2D eigenvalue weighted by molar-refractivity contribution is -0.113. The molecule has 0 unspecified atom stereocenters. The number of thioether (sulfide) groups is 1. The third kappa shape index (κ3) is 5.47. The third-order valence-corrected chi connectivity index (χ3v) is 6.00. The number of aromatic nitrogens is 6. The largest absolute Gasteiger partial charge is 0.467 e. The zero-order chi connectivity index (χ0) is 21.8. The van der Waals surface area contributed by atoms with E-state index >= 15 is 0 Å². The molecule has 1 amide bonds. The summed E-state index contributed by atoms with van der Waals surface area (Å²) >= 11 is 2.69. The second kappa shape index (κ2) is 9.27. The van der Waals surface area contributed by atoms with Crippen LogP contribution in [0.4, 0.5) is 10.9 Å². The van der Waals surface area contributed by atoms with Crippen molar-refractivity contribution in [3.8, 4) is 5.95 Å². The van der Waals surface area contributed by atoms with Gasteiger partial charge in [0, 0.05) is 17.5 Å². The SMILES string of the molecule is Cc1cc(C)nc(-n2nc(C)cc2NC(=O)CSc2nnc(NCc3ccco3)s2)n1. The first-order chi connectivity index (χ1) is 15.0. The van der Waals surface area contributed by atoms with Crippen LogP contribution < -0.4 is 10.6 Å². The normalized spacial score (nSPS) is 10.9. The van der Waals surface area contributed by atoms with E-state index in [1.54, 1.807) is 17.0 Å². The maximum atomic E-state index is 12.5. The number of anilines is 2. The summed E-state index contributed by atoms with van der Waals surface area (Å²) in [5.74, 6) is 1.75. The summed E-state index contributed by atoms with van der Waals surface area (Å²) in [6.07, 6.45) is 1.62. The average Bonchev–Trinajstić information content (AvgIpc) is 3.45. The van der Waals surface area contributed by atoms with Gasteiger partial charge >= 0.3 is 0 Å². The van der Waals surface area contributed by atoms with Gasteiger partial charge in [0.15, 0.2) is 4.34 Å². The molecule has 2 N–H and O–H groups in total. The number of nitrogens with one attached hydrogen (secondary N) is 2. The van der Waals surface area contributed by atoms with Crippen LogP contribution in [-0.2, 0) is 11.3 Å². The van der Waals surface area contributed by atoms with Gasteiger partial charge in [-0.05, 0) is 39.0 Å². The van der Waals surface area contributed by atoms with Crippen LogP contribution in [0.2, 0.25) is 0 Å². The molecule has 4 rings (SSSR count). The summed E-state index contributed by atoms with van der Waals surface area (Å²) in [5, 5.41) is 19.3. The Kier molecular flexibility index (Phi) is 6.28. The molecule has 160 valence electrons. The molecular weight excluding hydrogens is 436 g/mol. The molecule has 4 aromatic heterocycles. The molecule has 4 heterocycles. The molecule has 0 aliphatic heterocycles. The Morgan fingerprint density at radius 1 is 1.16 bits per heavy atom. The Bertz CT molecular complexity index is 1170. The topological polar surface area (TPSA) is 124 Å². The van der Waals surface area contributed by atoms with Crippen LogP contribution in [0.25, 0.3) is 5.95 Å². The van der Waals surface area contributed by atoms with E-state index in [0.717, 1.165) is 22.8 Å². The molecule has 12 heteroatoms. The molecule has 0 aliphatic rings. The molecule has 31 heavy (non-hydrogen) atoms. The predicted molar refractivity (Wildman–Crippen MR) is 119 cm³/mol. The molecule has 0 bridgehead atoms. The van der Waals surface area contributed by atoms with Gasteiger partial charge in [-0.2, -0.15) is 9.78 Å². The molecule has 0 atom stereocenters.